The molecule has 1 unspecified atom stereocenters. The molecule has 0 aromatic carbocycles. The summed E-state index contributed by atoms with van der Waals surface area (Å²) in [4.78, 5) is 22.3. The first-order valence-electron chi connectivity index (χ1n) is 8.27. The smallest absolute Gasteiger partial charge is 0.248 e. The minimum absolute atomic E-state index is 0.113. The van der Waals surface area contributed by atoms with E-state index in [-0.39, 0.29) is 44.1 Å². The Labute approximate surface area is 139 Å². The van der Waals surface area contributed by atoms with Gasteiger partial charge < -0.3 is 15.3 Å². The van der Waals surface area contributed by atoms with Crippen molar-refractivity contribution < 1.29 is 18.7 Å². The van der Waals surface area contributed by atoms with Crippen molar-refractivity contribution >= 4 is 11.9 Å². The van der Waals surface area contributed by atoms with Gasteiger partial charge in [0, 0.05) is 44.2 Å². The fraction of sp³-hybridized carbons (Fsp3) is 0.688. The number of β-amino-alcohol motifs (C(OH)–C–C–N with tert-alkyl or cyclic N) is 1. The van der Waals surface area contributed by atoms with Gasteiger partial charge in [-0.3, -0.25) is 4.79 Å². The topological polar surface area (TPSA) is 78.4 Å². The largest absolute Gasteiger partial charge is 0.386 e. The molecule has 0 bridgehead atoms. The highest BCUT2D eigenvalue weighted by Gasteiger charge is 2.40. The van der Waals surface area contributed by atoms with E-state index in [2.05, 4.69) is 15.3 Å². The molecule has 132 valence electrons. The van der Waals surface area contributed by atoms with Gasteiger partial charge in [0.15, 0.2) is 0 Å². The molecule has 1 aliphatic heterocycles. The molecular formula is C16H22F2N4O2. The van der Waals surface area contributed by atoms with Crippen LogP contribution in [0.5, 0.6) is 0 Å². The number of hydrogen-bond acceptors (Lipinski definition) is 5. The third kappa shape index (κ3) is 3.98. The summed E-state index contributed by atoms with van der Waals surface area (Å²) in [7, 11) is 0. The lowest BCUT2D eigenvalue weighted by Gasteiger charge is -2.29. The molecule has 3 rings (SSSR count). The van der Waals surface area contributed by atoms with Crippen molar-refractivity contribution in [1.82, 2.24) is 15.3 Å². The zero-order chi connectivity index (χ0) is 17.2. The van der Waals surface area contributed by atoms with Crippen LogP contribution in [0.25, 0.3) is 0 Å². The van der Waals surface area contributed by atoms with Crippen LogP contribution in [-0.2, 0) is 4.79 Å². The molecule has 24 heavy (non-hydrogen) atoms. The van der Waals surface area contributed by atoms with Crippen molar-refractivity contribution in [3.05, 3.63) is 18.5 Å². The van der Waals surface area contributed by atoms with Crippen molar-refractivity contribution in [2.45, 2.75) is 43.6 Å². The van der Waals surface area contributed by atoms with Crippen LogP contribution in [0, 0.1) is 5.92 Å². The molecule has 1 saturated carbocycles. The van der Waals surface area contributed by atoms with Crippen LogP contribution in [0.4, 0.5) is 14.7 Å². The Morgan fingerprint density at radius 3 is 2.62 bits per heavy atom. The first-order valence-corrected chi connectivity index (χ1v) is 8.27. The van der Waals surface area contributed by atoms with E-state index in [0.717, 1.165) is 0 Å². The second-order valence-electron chi connectivity index (χ2n) is 6.79. The zero-order valence-electron chi connectivity index (χ0n) is 13.4. The predicted octanol–water partition coefficient (Wildman–Crippen LogP) is 1.36. The van der Waals surface area contributed by atoms with Crippen molar-refractivity contribution in [3.8, 4) is 0 Å². The Kier molecular flexibility index (Phi) is 4.67. The molecule has 2 aliphatic rings. The van der Waals surface area contributed by atoms with Crippen LogP contribution in [-0.4, -0.2) is 52.1 Å². The number of carbonyl (C=O) groups is 1. The maximum Gasteiger partial charge on any atom is 0.248 e. The van der Waals surface area contributed by atoms with E-state index in [0.29, 0.717) is 25.5 Å². The maximum atomic E-state index is 13.1. The molecule has 0 radical (unpaired) electrons. The molecule has 8 heteroatoms. The Morgan fingerprint density at radius 1 is 1.29 bits per heavy atom. The van der Waals surface area contributed by atoms with Gasteiger partial charge in [0.1, 0.15) is 5.60 Å². The lowest BCUT2D eigenvalue weighted by atomic mass is 9.86. The standard InChI is InChI=1S/C16H22F2N4O2/c17-16(18)4-2-12(3-5-16)13(23)21-10-15(24)6-9-22(11-15)14-19-7-1-8-20-14/h1,7-8,12,24H,2-6,9-11H2,(H,21,23). The zero-order valence-corrected chi connectivity index (χ0v) is 13.4. The summed E-state index contributed by atoms with van der Waals surface area (Å²) in [6, 6.07) is 1.72. The van der Waals surface area contributed by atoms with Gasteiger partial charge in [-0.15, -0.1) is 0 Å². The van der Waals surface area contributed by atoms with E-state index >= 15 is 0 Å². The highest BCUT2D eigenvalue weighted by atomic mass is 19.3. The van der Waals surface area contributed by atoms with Gasteiger partial charge in [-0.05, 0) is 25.3 Å². The molecule has 1 aliphatic carbocycles. The monoisotopic (exact) mass is 340 g/mol. The van der Waals surface area contributed by atoms with Crippen LogP contribution in [0.2, 0.25) is 0 Å². The van der Waals surface area contributed by atoms with Crippen LogP contribution >= 0.6 is 0 Å². The molecule has 2 fully saturated rings. The summed E-state index contributed by atoms with van der Waals surface area (Å²) in [5.74, 6) is -2.72. The lowest BCUT2D eigenvalue weighted by molar-refractivity contribution is -0.130. The highest BCUT2D eigenvalue weighted by molar-refractivity contribution is 5.78. The number of rotatable bonds is 4. The number of halogens is 2. The van der Waals surface area contributed by atoms with Gasteiger partial charge in [-0.2, -0.15) is 0 Å². The van der Waals surface area contributed by atoms with Gasteiger partial charge in [0.25, 0.3) is 0 Å². The number of aromatic nitrogens is 2. The van der Waals surface area contributed by atoms with Gasteiger partial charge in [0.05, 0.1) is 6.54 Å². The molecule has 1 amide bonds. The third-order valence-corrected chi connectivity index (χ3v) is 4.85. The average Bonchev–Trinajstić information content (AvgIpc) is 2.96. The molecule has 1 saturated heterocycles. The van der Waals surface area contributed by atoms with Crippen LogP contribution in [0.15, 0.2) is 18.5 Å². The van der Waals surface area contributed by atoms with E-state index in [4.69, 9.17) is 0 Å². The second kappa shape index (κ2) is 6.58. The number of nitrogens with zero attached hydrogens (tertiary/aromatic N) is 3. The summed E-state index contributed by atoms with van der Waals surface area (Å²) in [5.41, 5.74) is -1.05. The first-order chi connectivity index (χ1) is 11.4. The minimum atomic E-state index is -2.64. The van der Waals surface area contributed by atoms with Crippen molar-refractivity contribution in [3.63, 3.8) is 0 Å². The van der Waals surface area contributed by atoms with E-state index in [1.165, 1.54) is 0 Å². The van der Waals surface area contributed by atoms with Crippen LogP contribution < -0.4 is 10.2 Å². The van der Waals surface area contributed by atoms with E-state index in [9.17, 15) is 18.7 Å². The molecule has 1 atom stereocenters. The van der Waals surface area contributed by atoms with Gasteiger partial charge >= 0.3 is 0 Å². The maximum absolute atomic E-state index is 13.1. The number of anilines is 1. The fourth-order valence-electron chi connectivity index (χ4n) is 3.32. The minimum Gasteiger partial charge on any atom is -0.386 e. The summed E-state index contributed by atoms with van der Waals surface area (Å²) in [6.07, 6.45) is 3.68. The third-order valence-electron chi connectivity index (χ3n) is 4.85. The Hall–Kier alpha value is -1.83. The van der Waals surface area contributed by atoms with Gasteiger partial charge in [0.2, 0.25) is 17.8 Å². The SMILES string of the molecule is O=C(NCC1(O)CCN(c2ncccn2)C1)C1CCC(F)(F)CC1. The Morgan fingerprint density at radius 2 is 1.96 bits per heavy atom. The number of hydrogen-bond donors (Lipinski definition) is 2. The van der Waals surface area contributed by atoms with E-state index in [1.807, 2.05) is 4.90 Å². The Balaban J connectivity index is 1.49. The number of aliphatic hydroxyl groups is 1. The van der Waals surface area contributed by atoms with E-state index < -0.39 is 11.5 Å². The quantitative estimate of drug-likeness (QED) is 0.865. The lowest BCUT2D eigenvalue weighted by Crippen LogP contribution is -2.47. The van der Waals surface area contributed by atoms with Gasteiger partial charge in [-0.25, -0.2) is 18.7 Å². The molecule has 2 N–H and O–H groups in total. The summed E-state index contributed by atoms with van der Waals surface area (Å²) in [6.45, 7) is 1.05. The molecule has 2 heterocycles. The van der Waals surface area contributed by atoms with E-state index in [1.54, 1.807) is 18.5 Å². The number of alkyl halides is 2. The number of nitrogens with one attached hydrogen (secondary N) is 1. The van der Waals surface area contributed by atoms with Crippen LogP contribution in [0.3, 0.4) is 0 Å². The fourth-order valence-corrected chi connectivity index (χ4v) is 3.32. The molecule has 6 nitrogen and oxygen atoms in total. The predicted molar refractivity (Wildman–Crippen MR) is 83.7 cm³/mol. The summed E-state index contributed by atoms with van der Waals surface area (Å²) in [5, 5.41) is 13.4. The number of amides is 1. The number of carbonyl (C=O) groups excluding carboxylic acids is 1. The van der Waals surface area contributed by atoms with Crippen molar-refractivity contribution in [1.29, 1.82) is 0 Å². The molecule has 1 aromatic heterocycles. The summed E-state index contributed by atoms with van der Waals surface area (Å²) >= 11 is 0. The normalized spacial score (nSPS) is 27.2. The van der Waals surface area contributed by atoms with Crippen molar-refractivity contribution in [2.24, 2.45) is 5.92 Å². The van der Waals surface area contributed by atoms with Crippen molar-refractivity contribution in [2.75, 3.05) is 24.5 Å². The molecule has 1 aromatic rings. The van der Waals surface area contributed by atoms with Crippen LogP contribution in [0.1, 0.15) is 32.1 Å². The summed E-state index contributed by atoms with van der Waals surface area (Å²) < 4.78 is 26.3. The first kappa shape index (κ1) is 17.0. The highest BCUT2D eigenvalue weighted by Crippen LogP contribution is 2.36. The molecular weight excluding hydrogens is 318 g/mol. The Bertz CT molecular complexity index is 577. The second-order valence-corrected chi connectivity index (χ2v) is 6.79. The van der Waals surface area contributed by atoms with Gasteiger partial charge in [-0.1, -0.05) is 0 Å². The average molecular weight is 340 g/mol. The molecule has 0 spiro atoms.